The summed E-state index contributed by atoms with van der Waals surface area (Å²) in [4.78, 5) is 18.2. The van der Waals surface area contributed by atoms with E-state index in [-0.39, 0.29) is 11.6 Å². The van der Waals surface area contributed by atoms with Crippen LogP contribution >= 0.6 is 11.6 Å². The first-order valence-electron chi connectivity index (χ1n) is 10.3. The number of carbonyl (C=O) groups is 1. The Bertz CT molecular complexity index is 1040. The van der Waals surface area contributed by atoms with Crippen LogP contribution in [0, 0.1) is 0 Å². The number of benzene rings is 2. The number of hydrogen-bond donors (Lipinski definition) is 3. The number of aromatic nitrogens is 1. The lowest BCUT2D eigenvalue weighted by molar-refractivity contribution is 0.134. The summed E-state index contributed by atoms with van der Waals surface area (Å²) < 4.78 is 0. The number of rotatable bonds is 2. The van der Waals surface area contributed by atoms with Crippen LogP contribution in [0.25, 0.3) is 10.9 Å². The molecule has 0 saturated carbocycles. The number of fused-ring (bicyclic) bond motifs is 4. The Morgan fingerprint density at radius 2 is 1.93 bits per heavy atom. The molecule has 0 bridgehead atoms. The highest BCUT2D eigenvalue weighted by Gasteiger charge is 2.42. The minimum atomic E-state index is -0.0880. The molecule has 5 rings (SSSR count). The molecule has 2 amide bonds. The van der Waals surface area contributed by atoms with E-state index in [0.717, 1.165) is 55.0 Å². The lowest BCUT2D eigenvalue weighted by atomic mass is 9.79. The second-order valence-electron chi connectivity index (χ2n) is 8.06. The third kappa shape index (κ3) is 3.38. The predicted molar refractivity (Wildman–Crippen MR) is 116 cm³/mol. The summed E-state index contributed by atoms with van der Waals surface area (Å²) >= 11 is 6.24. The van der Waals surface area contributed by atoms with Gasteiger partial charge in [-0.1, -0.05) is 41.9 Å². The van der Waals surface area contributed by atoms with E-state index in [1.165, 1.54) is 16.6 Å². The molecule has 3 aromatic rings. The first kappa shape index (κ1) is 18.5. The molecule has 2 aliphatic rings. The fraction of sp³-hybridized carbons (Fsp3) is 0.348. The molecule has 150 valence electrons. The van der Waals surface area contributed by atoms with Crippen molar-refractivity contribution in [1.82, 2.24) is 20.5 Å². The summed E-state index contributed by atoms with van der Waals surface area (Å²) in [6.45, 7) is 2.99. The molecular formula is C23H25ClN4O. The molecule has 3 heterocycles. The van der Waals surface area contributed by atoms with E-state index in [4.69, 9.17) is 11.6 Å². The number of nitrogens with zero attached hydrogens (tertiary/aromatic N) is 1. The van der Waals surface area contributed by atoms with Crippen LogP contribution in [-0.4, -0.2) is 35.5 Å². The van der Waals surface area contributed by atoms with Gasteiger partial charge in [-0.25, -0.2) is 4.79 Å². The van der Waals surface area contributed by atoms with E-state index in [1.54, 1.807) is 0 Å². The van der Waals surface area contributed by atoms with Crippen LogP contribution in [0.1, 0.15) is 29.7 Å². The fourth-order valence-electron chi connectivity index (χ4n) is 4.81. The number of aromatic amines is 1. The van der Waals surface area contributed by atoms with Gasteiger partial charge in [-0.3, -0.25) is 0 Å². The second kappa shape index (κ2) is 7.39. The highest BCUT2D eigenvalue weighted by atomic mass is 35.5. The van der Waals surface area contributed by atoms with Gasteiger partial charge in [0, 0.05) is 47.8 Å². The molecule has 1 fully saturated rings. The zero-order valence-electron chi connectivity index (χ0n) is 16.3. The Balaban J connectivity index is 1.30. The van der Waals surface area contributed by atoms with E-state index >= 15 is 0 Å². The minimum absolute atomic E-state index is 0.0168. The van der Waals surface area contributed by atoms with Gasteiger partial charge < -0.3 is 20.5 Å². The Labute approximate surface area is 175 Å². The number of likely N-dealkylation sites (tertiary alicyclic amines) is 1. The SMILES string of the molecule is O=C(NCc1ccccc1)N1CCC2(CC1)NCCc1c2[nH]c2ccc(Cl)cc12. The van der Waals surface area contributed by atoms with Crippen molar-refractivity contribution in [2.24, 2.45) is 0 Å². The van der Waals surface area contributed by atoms with Gasteiger partial charge in [0.25, 0.3) is 0 Å². The predicted octanol–water partition coefficient (Wildman–Crippen LogP) is 4.17. The number of hydrogen-bond acceptors (Lipinski definition) is 2. The van der Waals surface area contributed by atoms with E-state index in [0.29, 0.717) is 6.54 Å². The molecule has 5 nitrogen and oxygen atoms in total. The Morgan fingerprint density at radius 1 is 1.14 bits per heavy atom. The van der Waals surface area contributed by atoms with Crippen molar-refractivity contribution in [2.75, 3.05) is 19.6 Å². The van der Waals surface area contributed by atoms with Crippen molar-refractivity contribution in [3.8, 4) is 0 Å². The molecule has 1 aromatic heterocycles. The summed E-state index contributed by atoms with van der Waals surface area (Å²) in [5.41, 5.74) is 4.83. The van der Waals surface area contributed by atoms with Crippen molar-refractivity contribution in [3.63, 3.8) is 0 Å². The highest BCUT2D eigenvalue weighted by Crippen LogP contribution is 2.40. The molecule has 6 heteroatoms. The first-order chi connectivity index (χ1) is 14.1. The number of piperidine rings is 1. The Hall–Kier alpha value is -2.50. The van der Waals surface area contributed by atoms with Gasteiger partial charge in [0.15, 0.2) is 0 Å². The molecule has 0 atom stereocenters. The molecule has 3 N–H and O–H groups in total. The summed E-state index contributed by atoms with van der Waals surface area (Å²) in [5, 5.41) is 8.82. The molecule has 1 saturated heterocycles. The quantitative estimate of drug-likeness (QED) is 0.596. The summed E-state index contributed by atoms with van der Waals surface area (Å²) in [6.07, 6.45) is 2.80. The van der Waals surface area contributed by atoms with Crippen molar-refractivity contribution < 1.29 is 4.79 Å². The molecule has 0 radical (unpaired) electrons. The van der Waals surface area contributed by atoms with E-state index in [1.807, 2.05) is 41.3 Å². The van der Waals surface area contributed by atoms with Crippen LogP contribution in [-0.2, 0) is 18.5 Å². The van der Waals surface area contributed by atoms with Crippen LogP contribution in [0.4, 0.5) is 4.79 Å². The van der Waals surface area contributed by atoms with Gasteiger partial charge >= 0.3 is 6.03 Å². The summed E-state index contributed by atoms with van der Waals surface area (Å²) in [5.74, 6) is 0. The zero-order chi connectivity index (χ0) is 19.8. The maximum Gasteiger partial charge on any atom is 0.317 e. The molecule has 1 spiro atoms. The fourth-order valence-corrected chi connectivity index (χ4v) is 4.98. The van der Waals surface area contributed by atoms with Crippen LogP contribution < -0.4 is 10.6 Å². The maximum absolute atomic E-state index is 12.6. The molecule has 0 aliphatic carbocycles. The third-order valence-electron chi connectivity index (χ3n) is 6.38. The van der Waals surface area contributed by atoms with Crippen molar-refractivity contribution in [3.05, 3.63) is 70.4 Å². The smallest absolute Gasteiger partial charge is 0.317 e. The molecule has 29 heavy (non-hydrogen) atoms. The summed E-state index contributed by atoms with van der Waals surface area (Å²) in [7, 11) is 0. The van der Waals surface area contributed by atoms with E-state index < -0.39 is 0 Å². The van der Waals surface area contributed by atoms with E-state index in [9.17, 15) is 4.79 Å². The number of nitrogens with one attached hydrogen (secondary N) is 3. The van der Waals surface area contributed by atoms with Gasteiger partial charge in [0.05, 0.1) is 5.54 Å². The Morgan fingerprint density at radius 3 is 2.72 bits per heavy atom. The van der Waals surface area contributed by atoms with E-state index in [2.05, 4.69) is 27.8 Å². The number of carbonyl (C=O) groups excluding carboxylic acids is 1. The number of amides is 2. The molecule has 2 aliphatic heterocycles. The minimum Gasteiger partial charge on any atom is -0.357 e. The lowest BCUT2D eigenvalue weighted by Gasteiger charge is -2.44. The standard InChI is InChI=1S/C23H25ClN4O/c24-17-6-7-20-19(14-17)18-8-11-26-23(21(18)27-20)9-12-28(13-10-23)22(29)25-15-16-4-2-1-3-5-16/h1-7,14,26-27H,8-13,15H2,(H,25,29). The van der Waals surface area contributed by atoms with Gasteiger partial charge in [0.2, 0.25) is 0 Å². The van der Waals surface area contributed by atoms with Crippen LogP contribution in [0.15, 0.2) is 48.5 Å². The van der Waals surface area contributed by atoms with Crippen molar-refractivity contribution >= 4 is 28.5 Å². The van der Waals surface area contributed by atoms with Crippen LogP contribution in [0.5, 0.6) is 0 Å². The number of H-pyrrole nitrogens is 1. The maximum atomic E-state index is 12.6. The zero-order valence-corrected chi connectivity index (χ0v) is 17.1. The van der Waals surface area contributed by atoms with Crippen molar-refractivity contribution in [2.45, 2.75) is 31.3 Å². The van der Waals surface area contributed by atoms with Gasteiger partial charge in [-0.05, 0) is 48.6 Å². The highest BCUT2D eigenvalue weighted by molar-refractivity contribution is 6.31. The van der Waals surface area contributed by atoms with Crippen LogP contribution in [0.3, 0.4) is 0 Å². The van der Waals surface area contributed by atoms with Gasteiger partial charge in [0.1, 0.15) is 0 Å². The monoisotopic (exact) mass is 408 g/mol. The number of urea groups is 1. The van der Waals surface area contributed by atoms with Crippen LogP contribution in [0.2, 0.25) is 5.02 Å². The Kier molecular flexibility index (Phi) is 4.72. The largest absolute Gasteiger partial charge is 0.357 e. The van der Waals surface area contributed by atoms with Gasteiger partial charge in [-0.2, -0.15) is 0 Å². The molecule has 2 aromatic carbocycles. The van der Waals surface area contributed by atoms with Crippen molar-refractivity contribution in [1.29, 1.82) is 0 Å². The van der Waals surface area contributed by atoms with Gasteiger partial charge in [-0.15, -0.1) is 0 Å². The lowest BCUT2D eigenvalue weighted by Crippen LogP contribution is -2.56. The average molecular weight is 409 g/mol. The topological polar surface area (TPSA) is 60.2 Å². The number of halogens is 1. The third-order valence-corrected chi connectivity index (χ3v) is 6.61. The molecule has 0 unspecified atom stereocenters. The molecular weight excluding hydrogens is 384 g/mol. The average Bonchev–Trinajstić information content (AvgIpc) is 3.13. The second-order valence-corrected chi connectivity index (χ2v) is 8.50. The first-order valence-corrected chi connectivity index (χ1v) is 10.6. The normalized spacial score (nSPS) is 18.0. The summed E-state index contributed by atoms with van der Waals surface area (Å²) in [6, 6.07) is 16.1.